The van der Waals surface area contributed by atoms with Crippen LogP contribution < -0.4 is 0 Å². The fourth-order valence-corrected chi connectivity index (χ4v) is 3.77. The highest BCUT2D eigenvalue weighted by molar-refractivity contribution is 7.92. The van der Waals surface area contributed by atoms with E-state index in [0.717, 1.165) is 5.56 Å². The van der Waals surface area contributed by atoms with E-state index in [2.05, 4.69) is 0 Å². The van der Waals surface area contributed by atoms with Crippen molar-refractivity contribution in [2.45, 2.75) is 37.8 Å². The first-order chi connectivity index (χ1) is 8.51. The summed E-state index contributed by atoms with van der Waals surface area (Å²) in [6.07, 6.45) is 0. The molecule has 3 nitrogen and oxygen atoms in total. The average molecular weight is 270 g/mol. The highest BCUT2D eigenvalue weighted by Gasteiger charge is 2.36. The normalized spacial score (nSPS) is 23.3. The van der Waals surface area contributed by atoms with Crippen LogP contribution in [-0.2, 0) is 14.6 Å². The Kier molecular flexibility index (Phi) is 5.35. The predicted octanol–water partition coefficient (Wildman–Crippen LogP) is 2.83. The lowest BCUT2D eigenvalue weighted by Crippen LogP contribution is -2.27. The Morgan fingerprint density at radius 2 is 1.67 bits per heavy atom. The van der Waals surface area contributed by atoms with Crippen LogP contribution >= 0.6 is 0 Å². The second-order valence-corrected chi connectivity index (χ2v) is 6.58. The third-order valence-electron chi connectivity index (χ3n) is 3.05. The van der Waals surface area contributed by atoms with E-state index in [1.54, 1.807) is 12.1 Å². The van der Waals surface area contributed by atoms with E-state index >= 15 is 0 Å². The molecule has 1 saturated heterocycles. The topological polar surface area (TPSA) is 43.4 Å². The Hall–Kier alpha value is -0.870. The van der Waals surface area contributed by atoms with Crippen LogP contribution in [0.25, 0.3) is 0 Å². The van der Waals surface area contributed by atoms with Crippen LogP contribution in [0, 0.1) is 12.8 Å². The maximum atomic E-state index is 12.3. The molecule has 0 bridgehead atoms. The van der Waals surface area contributed by atoms with Crippen molar-refractivity contribution in [2.24, 2.45) is 5.92 Å². The first-order valence-corrected chi connectivity index (χ1v) is 7.95. The van der Waals surface area contributed by atoms with Gasteiger partial charge in [-0.15, -0.1) is 0 Å². The lowest BCUT2D eigenvalue weighted by molar-refractivity contribution is 0.188. The molecule has 1 aliphatic heterocycles. The summed E-state index contributed by atoms with van der Waals surface area (Å²) >= 11 is 0. The molecule has 0 aromatic heterocycles. The number of rotatable bonds is 2. The monoisotopic (exact) mass is 270 g/mol. The van der Waals surface area contributed by atoms with Crippen LogP contribution in [0.15, 0.2) is 29.2 Å². The maximum Gasteiger partial charge on any atom is 0.183 e. The third kappa shape index (κ3) is 3.12. The van der Waals surface area contributed by atoms with E-state index in [-0.39, 0.29) is 5.92 Å². The second-order valence-electron chi connectivity index (χ2n) is 4.41. The van der Waals surface area contributed by atoms with E-state index in [1.807, 2.05) is 39.8 Å². The first-order valence-electron chi connectivity index (χ1n) is 6.40. The Morgan fingerprint density at radius 3 is 2.11 bits per heavy atom. The van der Waals surface area contributed by atoms with E-state index in [1.165, 1.54) is 0 Å². The molecule has 1 heterocycles. The van der Waals surface area contributed by atoms with Crippen molar-refractivity contribution < 1.29 is 13.2 Å². The summed E-state index contributed by atoms with van der Waals surface area (Å²) in [5, 5.41) is -0.393. The summed E-state index contributed by atoms with van der Waals surface area (Å²) in [5.74, 6) is 0.0753. The van der Waals surface area contributed by atoms with Crippen LogP contribution in [0.4, 0.5) is 0 Å². The lowest BCUT2D eigenvalue weighted by Gasteiger charge is -2.14. The molecule has 1 aromatic carbocycles. The summed E-state index contributed by atoms with van der Waals surface area (Å²) in [7, 11) is -3.23. The van der Waals surface area contributed by atoms with Crippen LogP contribution in [0.5, 0.6) is 0 Å². The van der Waals surface area contributed by atoms with Gasteiger partial charge in [0.1, 0.15) is 0 Å². The Morgan fingerprint density at radius 1 is 1.11 bits per heavy atom. The minimum atomic E-state index is -3.23. The number of sulfone groups is 1. The van der Waals surface area contributed by atoms with E-state index < -0.39 is 15.1 Å². The van der Waals surface area contributed by atoms with Gasteiger partial charge in [0, 0.05) is 0 Å². The Balaban J connectivity index is 0.000000771. The van der Waals surface area contributed by atoms with Gasteiger partial charge in [0.25, 0.3) is 0 Å². The molecule has 2 atom stereocenters. The van der Waals surface area contributed by atoms with Crippen molar-refractivity contribution in [3.63, 3.8) is 0 Å². The van der Waals surface area contributed by atoms with Gasteiger partial charge < -0.3 is 4.74 Å². The molecule has 18 heavy (non-hydrogen) atoms. The number of hydrogen-bond acceptors (Lipinski definition) is 3. The molecule has 0 radical (unpaired) electrons. The molecule has 0 aliphatic carbocycles. The third-order valence-corrected chi connectivity index (χ3v) is 5.37. The molecule has 2 unspecified atom stereocenters. The molecular weight excluding hydrogens is 248 g/mol. The van der Waals surface area contributed by atoms with Crippen molar-refractivity contribution in [1.29, 1.82) is 0 Å². The number of benzene rings is 1. The van der Waals surface area contributed by atoms with Gasteiger partial charge in [0.05, 0.1) is 23.4 Å². The zero-order valence-corrected chi connectivity index (χ0v) is 12.3. The van der Waals surface area contributed by atoms with E-state index in [9.17, 15) is 8.42 Å². The lowest BCUT2D eigenvalue weighted by atomic mass is 10.2. The molecule has 1 fully saturated rings. The van der Waals surface area contributed by atoms with Crippen molar-refractivity contribution in [1.82, 2.24) is 0 Å². The van der Waals surface area contributed by atoms with Crippen molar-refractivity contribution in [3.8, 4) is 0 Å². The van der Waals surface area contributed by atoms with Crippen LogP contribution in [-0.4, -0.2) is 26.9 Å². The van der Waals surface area contributed by atoms with Crippen molar-refractivity contribution in [2.75, 3.05) is 13.2 Å². The van der Waals surface area contributed by atoms with Gasteiger partial charge in [0.2, 0.25) is 0 Å². The SMILES string of the molecule is CC.Cc1ccc(S(=O)(=O)C2COCC2C)cc1. The molecule has 0 amide bonds. The Labute approximate surface area is 110 Å². The van der Waals surface area contributed by atoms with Gasteiger partial charge in [-0.1, -0.05) is 38.5 Å². The molecule has 1 aromatic rings. The largest absolute Gasteiger partial charge is 0.380 e. The number of ether oxygens (including phenoxy) is 1. The molecule has 0 spiro atoms. The van der Waals surface area contributed by atoms with Gasteiger partial charge in [0.15, 0.2) is 9.84 Å². The minimum Gasteiger partial charge on any atom is -0.380 e. The molecular formula is C14H22O3S. The van der Waals surface area contributed by atoms with Crippen LogP contribution in [0.3, 0.4) is 0 Å². The van der Waals surface area contributed by atoms with Gasteiger partial charge in [-0.2, -0.15) is 0 Å². The standard InChI is InChI=1S/C12H16O3S.C2H6/c1-9-3-5-11(6-4-9)16(13,14)12-8-15-7-10(12)2;1-2/h3-6,10,12H,7-8H2,1-2H3;1-2H3. The summed E-state index contributed by atoms with van der Waals surface area (Å²) < 4.78 is 29.8. The van der Waals surface area contributed by atoms with Gasteiger partial charge in [-0.05, 0) is 25.0 Å². The van der Waals surface area contributed by atoms with Gasteiger partial charge in [-0.25, -0.2) is 8.42 Å². The highest BCUT2D eigenvalue weighted by Crippen LogP contribution is 2.26. The fourth-order valence-electron chi connectivity index (χ4n) is 1.94. The summed E-state index contributed by atoms with van der Waals surface area (Å²) in [6.45, 7) is 8.72. The van der Waals surface area contributed by atoms with Gasteiger partial charge in [-0.3, -0.25) is 0 Å². The maximum absolute atomic E-state index is 12.3. The quantitative estimate of drug-likeness (QED) is 0.830. The van der Waals surface area contributed by atoms with Crippen molar-refractivity contribution >= 4 is 9.84 Å². The molecule has 0 saturated carbocycles. The smallest absolute Gasteiger partial charge is 0.183 e. The number of hydrogen-bond donors (Lipinski definition) is 0. The molecule has 4 heteroatoms. The molecule has 2 rings (SSSR count). The summed E-state index contributed by atoms with van der Waals surface area (Å²) in [5.41, 5.74) is 1.06. The Bertz CT molecular complexity index is 462. The fraction of sp³-hybridized carbons (Fsp3) is 0.571. The van der Waals surface area contributed by atoms with Crippen LogP contribution in [0.1, 0.15) is 26.3 Å². The molecule has 102 valence electrons. The molecule has 1 aliphatic rings. The zero-order chi connectivity index (χ0) is 13.8. The summed E-state index contributed by atoms with van der Waals surface area (Å²) in [4.78, 5) is 0.403. The van der Waals surface area contributed by atoms with E-state index in [0.29, 0.717) is 18.1 Å². The van der Waals surface area contributed by atoms with E-state index in [4.69, 9.17) is 4.74 Å². The number of aryl methyl sites for hydroxylation is 1. The molecule has 0 N–H and O–H groups in total. The zero-order valence-electron chi connectivity index (χ0n) is 11.5. The average Bonchev–Trinajstić information content (AvgIpc) is 2.79. The van der Waals surface area contributed by atoms with Crippen molar-refractivity contribution in [3.05, 3.63) is 29.8 Å². The first kappa shape index (κ1) is 15.2. The highest BCUT2D eigenvalue weighted by atomic mass is 32.2. The second kappa shape index (κ2) is 6.34. The van der Waals surface area contributed by atoms with Gasteiger partial charge >= 0.3 is 0 Å². The van der Waals surface area contributed by atoms with Crippen LogP contribution in [0.2, 0.25) is 0 Å². The predicted molar refractivity (Wildman–Crippen MR) is 73.5 cm³/mol. The summed E-state index contributed by atoms with van der Waals surface area (Å²) in [6, 6.07) is 7.01. The minimum absolute atomic E-state index is 0.0753.